The first kappa shape index (κ1) is 34.6. The van der Waals surface area contributed by atoms with E-state index < -0.39 is 46.3 Å². The van der Waals surface area contributed by atoms with E-state index in [1.807, 2.05) is 23.1 Å². The van der Waals surface area contributed by atoms with Crippen molar-refractivity contribution in [2.75, 3.05) is 26.7 Å². The molecule has 3 aliphatic rings. The number of aliphatic carboxylic acids is 1. The fraction of sp³-hybridized carbons (Fsp3) is 0.516. The number of carbonyl (C=O) groups is 4. The van der Waals surface area contributed by atoms with Crippen molar-refractivity contribution >= 4 is 50.9 Å². The van der Waals surface area contributed by atoms with Crippen LogP contribution in [-0.2, 0) is 24.4 Å². The number of benzene rings is 2. The molecule has 2 atom stereocenters. The molecule has 2 aromatic rings. The van der Waals surface area contributed by atoms with E-state index in [-0.39, 0.29) is 22.9 Å². The van der Waals surface area contributed by atoms with Gasteiger partial charge in [0.1, 0.15) is 12.4 Å². The molecule has 15 heteroatoms. The molecule has 1 saturated heterocycles. The highest BCUT2D eigenvalue weighted by Gasteiger charge is 2.43. The van der Waals surface area contributed by atoms with Gasteiger partial charge in [0.15, 0.2) is 0 Å². The van der Waals surface area contributed by atoms with Crippen LogP contribution in [0.1, 0.15) is 51.9 Å². The number of rotatable bonds is 11. The van der Waals surface area contributed by atoms with Gasteiger partial charge in [0.05, 0.1) is 11.3 Å². The largest absolute Gasteiger partial charge is 0.481 e. The Balaban J connectivity index is 0.00000113. The average molecular weight is 658 g/mol. The first-order valence-electron chi connectivity index (χ1n) is 15.4. The van der Waals surface area contributed by atoms with Crippen LogP contribution < -0.4 is 15.9 Å². The van der Waals surface area contributed by atoms with Crippen LogP contribution in [0.2, 0.25) is 0 Å². The number of carbonyl (C=O) groups excluding carboxylic acids is 3. The number of likely N-dealkylation sites (tertiary alicyclic amines) is 1. The molecular weight excluding hydrogens is 614 g/mol. The number of hydrogen-bond donors (Lipinski definition) is 4. The number of carboxylic acids is 1. The van der Waals surface area contributed by atoms with Crippen molar-refractivity contribution in [3.8, 4) is 0 Å². The maximum atomic E-state index is 13.9. The molecule has 0 spiro atoms. The van der Waals surface area contributed by atoms with Crippen molar-refractivity contribution in [2.45, 2.75) is 74.9 Å². The summed E-state index contributed by atoms with van der Waals surface area (Å²) in [5.41, 5.74) is 0. The van der Waals surface area contributed by atoms with Gasteiger partial charge >= 0.3 is 6.03 Å². The lowest BCUT2D eigenvalue weighted by Gasteiger charge is -2.34. The number of nitrogens with two attached hydrogens (primary N) is 1. The van der Waals surface area contributed by atoms with E-state index in [0.717, 1.165) is 54.8 Å². The Morgan fingerprint density at radius 3 is 2.39 bits per heavy atom. The number of imide groups is 1. The molecule has 0 radical (unpaired) electrons. The highest BCUT2D eigenvalue weighted by Crippen LogP contribution is 2.30. The van der Waals surface area contributed by atoms with Crippen LogP contribution in [0.4, 0.5) is 4.79 Å². The van der Waals surface area contributed by atoms with Gasteiger partial charge in [-0.05, 0) is 67.3 Å². The smallest absolute Gasteiger partial charge is 0.324 e. The van der Waals surface area contributed by atoms with Gasteiger partial charge in [0.2, 0.25) is 21.8 Å². The summed E-state index contributed by atoms with van der Waals surface area (Å²) in [7, 11) is -2.57. The molecule has 0 bridgehead atoms. The van der Waals surface area contributed by atoms with Gasteiger partial charge < -0.3 is 26.1 Å². The normalized spacial score (nSPS) is 18.7. The fourth-order valence-corrected chi connectivity index (χ4v) is 6.68. The van der Waals surface area contributed by atoms with Crippen molar-refractivity contribution in [3.63, 3.8) is 0 Å². The zero-order valence-electron chi connectivity index (χ0n) is 26.2. The molecule has 0 unspecified atom stereocenters. The summed E-state index contributed by atoms with van der Waals surface area (Å²) in [5, 5.41) is 15.4. The fourth-order valence-electron chi connectivity index (χ4n) is 5.45. The quantitative estimate of drug-likeness (QED) is 0.121. The summed E-state index contributed by atoms with van der Waals surface area (Å²) in [5.74, 6) is 3.53. The average Bonchev–Trinajstić information content (AvgIpc) is 3.94. The van der Waals surface area contributed by atoms with Crippen LogP contribution in [0.25, 0.3) is 10.8 Å². The van der Waals surface area contributed by atoms with E-state index in [9.17, 15) is 22.8 Å². The highest BCUT2D eigenvalue weighted by molar-refractivity contribution is 7.89. The monoisotopic (exact) mass is 657 g/mol. The van der Waals surface area contributed by atoms with Gasteiger partial charge in [-0.2, -0.15) is 9.82 Å². The summed E-state index contributed by atoms with van der Waals surface area (Å²) >= 11 is 0. The zero-order chi connectivity index (χ0) is 33.4. The van der Waals surface area contributed by atoms with Gasteiger partial charge in [-0.1, -0.05) is 30.3 Å². The van der Waals surface area contributed by atoms with Crippen LogP contribution in [0.15, 0.2) is 52.5 Å². The van der Waals surface area contributed by atoms with Gasteiger partial charge in [-0.15, -0.1) is 0 Å². The molecule has 250 valence electrons. The molecule has 46 heavy (non-hydrogen) atoms. The van der Waals surface area contributed by atoms with Crippen LogP contribution in [0.3, 0.4) is 0 Å². The van der Waals surface area contributed by atoms with E-state index in [4.69, 9.17) is 15.7 Å². The van der Waals surface area contributed by atoms with E-state index >= 15 is 0 Å². The number of urea groups is 1. The van der Waals surface area contributed by atoms with Crippen molar-refractivity contribution < 1.29 is 32.7 Å². The molecule has 3 fully saturated rings. The predicted molar refractivity (Wildman–Crippen MR) is 172 cm³/mol. The number of amides is 4. The number of fused-ring (bicyclic) bond motifs is 1. The molecule has 4 amide bonds. The Hall–Kier alpha value is -4.24. The number of hydrazone groups is 1. The van der Waals surface area contributed by atoms with Gasteiger partial charge in [-0.3, -0.25) is 19.3 Å². The Morgan fingerprint density at radius 1 is 1.09 bits per heavy atom. The molecule has 1 heterocycles. The van der Waals surface area contributed by atoms with Gasteiger partial charge in [0.25, 0.3) is 5.97 Å². The summed E-state index contributed by atoms with van der Waals surface area (Å²) in [4.78, 5) is 54.0. The lowest BCUT2D eigenvalue weighted by Crippen LogP contribution is -2.55. The Labute approximate surface area is 269 Å². The minimum absolute atomic E-state index is 0.0198. The summed E-state index contributed by atoms with van der Waals surface area (Å²) in [6.07, 6.45) is 5.99. The Kier molecular flexibility index (Phi) is 11.6. The predicted octanol–water partition coefficient (Wildman–Crippen LogP) is 1.90. The SMILES string of the molecule is CC(=O)O.CN(C[C@H]1CCCN(C=NN)C1)C(=O)C[C@H](NS(=O)(=O)c1ccc2ccccc2c1)C(=O)N(C(=O)NC1CC1)C1CC1. The number of carboxylic acid groups (broad SMARTS) is 1. The first-order valence-corrected chi connectivity index (χ1v) is 16.9. The minimum atomic E-state index is -4.22. The molecule has 2 aromatic carbocycles. The van der Waals surface area contributed by atoms with Crippen LogP contribution in [0.5, 0.6) is 0 Å². The van der Waals surface area contributed by atoms with Crippen LogP contribution in [-0.4, -0.2) is 103 Å². The lowest BCUT2D eigenvalue weighted by atomic mass is 9.97. The third-order valence-electron chi connectivity index (χ3n) is 8.02. The van der Waals surface area contributed by atoms with Crippen molar-refractivity contribution in [2.24, 2.45) is 16.9 Å². The second-order valence-electron chi connectivity index (χ2n) is 12.1. The van der Waals surface area contributed by atoms with E-state index in [0.29, 0.717) is 25.9 Å². The maximum absolute atomic E-state index is 13.9. The number of sulfonamides is 1. The van der Waals surface area contributed by atoms with Crippen molar-refractivity contribution in [1.29, 1.82) is 0 Å². The van der Waals surface area contributed by atoms with E-state index in [2.05, 4.69) is 15.1 Å². The van der Waals surface area contributed by atoms with Crippen LogP contribution in [0, 0.1) is 5.92 Å². The lowest BCUT2D eigenvalue weighted by molar-refractivity contribution is -0.137. The van der Waals surface area contributed by atoms with Crippen molar-refractivity contribution in [1.82, 2.24) is 24.7 Å². The summed E-state index contributed by atoms with van der Waals surface area (Å²) < 4.78 is 29.7. The minimum Gasteiger partial charge on any atom is -0.481 e. The standard InChI is InChI=1S/C29H39N7O5S.C2H4O2/c1-34(17-20-5-4-14-35(18-20)19-31-30)27(37)16-26(28(38)36(24-11-12-24)29(39)32-23-9-10-23)33-42(40,41)25-13-8-21-6-2-3-7-22(21)15-25;1-2(3)4/h2-3,6-8,13,15,19-20,23-24,26,33H,4-5,9-12,14,16-18,30H2,1H3,(H,32,39);1H3,(H,3,4)/t20-,26+;/m1./s1. The summed E-state index contributed by atoms with van der Waals surface area (Å²) in [6, 6.07) is 9.78. The molecule has 1 aliphatic heterocycles. The second kappa shape index (κ2) is 15.4. The topological polar surface area (TPSA) is 195 Å². The van der Waals surface area contributed by atoms with Crippen LogP contribution >= 0.6 is 0 Å². The van der Waals surface area contributed by atoms with E-state index in [1.54, 1.807) is 25.5 Å². The molecule has 2 saturated carbocycles. The second-order valence-corrected chi connectivity index (χ2v) is 13.8. The zero-order valence-corrected chi connectivity index (χ0v) is 27.0. The summed E-state index contributed by atoms with van der Waals surface area (Å²) in [6.45, 7) is 3.04. The molecular formula is C31H43N7O7S. The Bertz CT molecular complexity index is 1560. The number of nitrogens with zero attached hydrogens (tertiary/aromatic N) is 4. The third kappa shape index (κ3) is 9.88. The molecule has 0 aromatic heterocycles. The number of piperidine rings is 1. The molecule has 5 rings (SSSR count). The maximum Gasteiger partial charge on any atom is 0.324 e. The van der Waals surface area contributed by atoms with Gasteiger partial charge in [0, 0.05) is 45.7 Å². The Morgan fingerprint density at radius 2 is 1.76 bits per heavy atom. The first-order chi connectivity index (χ1) is 21.9. The highest BCUT2D eigenvalue weighted by atomic mass is 32.2. The molecule has 14 nitrogen and oxygen atoms in total. The number of nitrogens with one attached hydrogen (secondary N) is 2. The molecule has 2 aliphatic carbocycles. The number of hydrogen-bond acceptors (Lipinski definition) is 8. The van der Waals surface area contributed by atoms with Gasteiger partial charge in [-0.25, -0.2) is 13.2 Å². The third-order valence-corrected chi connectivity index (χ3v) is 9.49. The van der Waals surface area contributed by atoms with E-state index in [1.165, 1.54) is 17.0 Å². The van der Waals surface area contributed by atoms with Crippen molar-refractivity contribution in [3.05, 3.63) is 42.5 Å². The molecule has 5 N–H and O–H groups in total.